The van der Waals surface area contributed by atoms with E-state index >= 15 is 0 Å². The van der Waals surface area contributed by atoms with Gasteiger partial charge in [-0.1, -0.05) is 6.42 Å². The molecule has 0 saturated heterocycles. The van der Waals surface area contributed by atoms with Gasteiger partial charge in [0.1, 0.15) is 17.5 Å². The first-order valence-electron chi connectivity index (χ1n) is 6.42. The van der Waals surface area contributed by atoms with E-state index in [1.807, 2.05) is 25.7 Å². The minimum atomic E-state index is 0.422. The number of aromatic nitrogens is 2. The summed E-state index contributed by atoms with van der Waals surface area (Å²) < 4.78 is 0.422. The van der Waals surface area contributed by atoms with Crippen molar-refractivity contribution in [2.75, 3.05) is 30.5 Å². The van der Waals surface area contributed by atoms with Crippen molar-refractivity contribution in [1.82, 2.24) is 9.97 Å². The first-order valence-corrected chi connectivity index (χ1v) is 7.65. The predicted octanol–water partition coefficient (Wildman–Crippen LogP) is 2.83. The average molecular weight is 266 g/mol. The van der Waals surface area contributed by atoms with Crippen LogP contribution in [0.5, 0.6) is 0 Å². The van der Waals surface area contributed by atoms with Crippen LogP contribution in [-0.4, -0.2) is 34.6 Å². The maximum absolute atomic E-state index is 4.51. The van der Waals surface area contributed by atoms with Gasteiger partial charge in [-0.15, -0.1) is 0 Å². The van der Waals surface area contributed by atoms with E-state index in [1.165, 1.54) is 19.3 Å². The Labute approximate surface area is 113 Å². The van der Waals surface area contributed by atoms with Crippen molar-refractivity contribution in [3.05, 3.63) is 11.4 Å². The molecule has 1 aromatic rings. The van der Waals surface area contributed by atoms with Gasteiger partial charge in [0.2, 0.25) is 0 Å². The summed E-state index contributed by atoms with van der Waals surface area (Å²) in [6, 6.07) is 0. The Bertz CT molecular complexity index is 424. The molecule has 1 aromatic heterocycles. The lowest BCUT2D eigenvalue weighted by atomic mass is 9.84. The largest absolute Gasteiger partial charge is 0.373 e. The van der Waals surface area contributed by atoms with E-state index in [0.717, 1.165) is 29.6 Å². The maximum Gasteiger partial charge on any atom is 0.134 e. The second-order valence-electron chi connectivity index (χ2n) is 4.94. The van der Waals surface area contributed by atoms with E-state index in [4.69, 9.17) is 0 Å². The lowest BCUT2D eigenvalue weighted by molar-refractivity contribution is 0.379. The molecule has 5 heteroatoms. The van der Waals surface area contributed by atoms with Crippen molar-refractivity contribution >= 4 is 23.4 Å². The van der Waals surface area contributed by atoms with Gasteiger partial charge < -0.3 is 10.6 Å². The molecule has 1 saturated carbocycles. The van der Waals surface area contributed by atoms with Crippen molar-refractivity contribution in [3.63, 3.8) is 0 Å². The average Bonchev–Trinajstić information content (AvgIpc) is 2.32. The fraction of sp³-hybridized carbons (Fsp3) is 0.692. The third-order valence-electron chi connectivity index (χ3n) is 3.77. The first kappa shape index (κ1) is 13.5. The van der Waals surface area contributed by atoms with Crippen LogP contribution in [0.1, 0.15) is 30.7 Å². The highest BCUT2D eigenvalue weighted by Gasteiger charge is 2.36. The van der Waals surface area contributed by atoms with E-state index in [-0.39, 0.29) is 0 Å². The van der Waals surface area contributed by atoms with Crippen LogP contribution in [0.25, 0.3) is 0 Å². The molecule has 2 rings (SSSR count). The molecule has 0 bridgehead atoms. The quantitative estimate of drug-likeness (QED) is 0.858. The van der Waals surface area contributed by atoms with Crippen molar-refractivity contribution in [3.8, 4) is 0 Å². The van der Waals surface area contributed by atoms with Crippen LogP contribution < -0.4 is 10.6 Å². The highest BCUT2D eigenvalue weighted by molar-refractivity contribution is 8.00. The summed E-state index contributed by atoms with van der Waals surface area (Å²) in [4.78, 5) is 8.89. The lowest BCUT2D eigenvalue weighted by Gasteiger charge is -2.40. The Balaban J connectivity index is 2.11. The molecule has 0 aromatic carbocycles. The number of anilines is 2. The number of hydrogen-bond acceptors (Lipinski definition) is 5. The van der Waals surface area contributed by atoms with Crippen LogP contribution in [0.4, 0.5) is 11.6 Å². The van der Waals surface area contributed by atoms with E-state index < -0.39 is 0 Å². The first-order chi connectivity index (χ1) is 8.60. The molecule has 0 radical (unpaired) electrons. The smallest absolute Gasteiger partial charge is 0.134 e. The second-order valence-corrected chi connectivity index (χ2v) is 6.21. The van der Waals surface area contributed by atoms with E-state index in [2.05, 4.69) is 33.8 Å². The zero-order chi connectivity index (χ0) is 13.2. The summed E-state index contributed by atoms with van der Waals surface area (Å²) in [5.41, 5.74) is 1.10. The molecule has 0 unspecified atom stereocenters. The summed E-state index contributed by atoms with van der Waals surface area (Å²) in [6.45, 7) is 4.98. The third-order valence-corrected chi connectivity index (χ3v) is 5.19. The van der Waals surface area contributed by atoms with Gasteiger partial charge in [0, 0.05) is 23.9 Å². The predicted molar refractivity (Wildman–Crippen MR) is 79.6 cm³/mol. The fourth-order valence-corrected chi connectivity index (χ4v) is 3.23. The number of nitrogens with one attached hydrogen (secondary N) is 2. The highest BCUT2D eigenvalue weighted by atomic mass is 32.2. The van der Waals surface area contributed by atoms with E-state index in [9.17, 15) is 0 Å². The molecular weight excluding hydrogens is 244 g/mol. The van der Waals surface area contributed by atoms with Gasteiger partial charge in [-0.3, -0.25) is 0 Å². The summed E-state index contributed by atoms with van der Waals surface area (Å²) in [5, 5.41) is 6.63. The van der Waals surface area contributed by atoms with Gasteiger partial charge in [-0.05, 0) is 32.9 Å². The lowest BCUT2D eigenvalue weighted by Crippen LogP contribution is -2.40. The number of thioether (sulfide) groups is 1. The molecule has 18 heavy (non-hydrogen) atoms. The van der Waals surface area contributed by atoms with E-state index in [0.29, 0.717) is 4.75 Å². The molecule has 1 fully saturated rings. The molecule has 0 amide bonds. The minimum Gasteiger partial charge on any atom is -0.373 e. The Kier molecular flexibility index (Phi) is 4.00. The van der Waals surface area contributed by atoms with Crippen LogP contribution in [0.2, 0.25) is 0 Å². The van der Waals surface area contributed by atoms with Crippen molar-refractivity contribution in [1.29, 1.82) is 0 Å². The molecule has 1 aliphatic carbocycles. The van der Waals surface area contributed by atoms with Gasteiger partial charge in [0.05, 0.1) is 0 Å². The van der Waals surface area contributed by atoms with Crippen molar-refractivity contribution in [2.24, 2.45) is 0 Å². The van der Waals surface area contributed by atoms with Crippen LogP contribution in [-0.2, 0) is 0 Å². The molecule has 0 atom stereocenters. The Morgan fingerprint density at radius 2 is 1.89 bits per heavy atom. The number of aryl methyl sites for hydroxylation is 1. The summed E-state index contributed by atoms with van der Waals surface area (Å²) >= 11 is 1.98. The molecule has 1 aliphatic rings. The third kappa shape index (κ3) is 2.55. The van der Waals surface area contributed by atoms with Gasteiger partial charge in [-0.25, -0.2) is 9.97 Å². The molecule has 1 heterocycles. The van der Waals surface area contributed by atoms with Gasteiger partial charge in [0.15, 0.2) is 0 Å². The zero-order valence-electron chi connectivity index (χ0n) is 11.6. The molecule has 2 N–H and O–H groups in total. The summed E-state index contributed by atoms with van der Waals surface area (Å²) in [6.07, 6.45) is 6.18. The van der Waals surface area contributed by atoms with Crippen molar-refractivity contribution in [2.45, 2.75) is 37.9 Å². The topological polar surface area (TPSA) is 49.8 Å². The molecule has 0 spiro atoms. The van der Waals surface area contributed by atoms with Crippen LogP contribution in [0, 0.1) is 13.8 Å². The number of rotatable bonds is 5. The SMILES string of the molecule is CNc1nc(C)nc(NCC2(SC)CCC2)c1C. The van der Waals surface area contributed by atoms with Gasteiger partial charge in [-0.2, -0.15) is 11.8 Å². The summed E-state index contributed by atoms with van der Waals surface area (Å²) in [7, 11) is 1.90. The van der Waals surface area contributed by atoms with Crippen molar-refractivity contribution < 1.29 is 0 Å². The molecule has 100 valence electrons. The normalized spacial score (nSPS) is 17.1. The maximum atomic E-state index is 4.51. The van der Waals surface area contributed by atoms with Crippen LogP contribution >= 0.6 is 11.8 Å². The Morgan fingerprint density at radius 3 is 2.39 bits per heavy atom. The summed E-state index contributed by atoms with van der Waals surface area (Å²) in [5.74, 6) is 2.68. The van der Waals surface area contributed by atoms with Gasteiger partial charge >= 0.3 is 0 Å². The molecule has 4 nitrogen and oxygen atoms in total. The van der Waals surface area contributed by atoms with E-state index in [1.54, 1.807) is 0 Å². The highest BCUT2D eigenvalue weighted by Crippen LogP contribution is 2.42. The fourth-order valence-electron chi connectivity index (χ4n) is 2.31. The Hall–Kier alpha value is -0.970. The molecule has 0 aliphatic heterocycles. The number of nitrogens with zero attached hydrogens (tertiary/aromatic N) is 2. The van der Waals surface area contributed by atoms with Crippen LogP contribution in [0.15, 0.2) is 0 Å². The monoisotopic (exact) mass is 266 g/mol. The number of hydrogen-bond donors (Lipinski definition) is 2. The zero-order valence-corrected chi connectivity index (χ0v) is 12.4. The molecular formula is C13H22N4S. The van der Waals surface area contributed by atoms with Crippen LogP contribution in [0.3, 0.4) is 0 Å². The second kappa shape index (κ2) is 5.34. The Morgan fingerprint density at radius 1 is 1.22 bits per heavy atom. The van der Waals surface area contributed by atoms with Gasteiger partial charge in [0.25, 0.3) is 0 Å². The minimum absolute atomic E-state index is 0.422. The standard InChI is InChI=1S/C13H22N4S/c1-9-11(14-3)16-10(2)17-12(9)15-8-13(18-4)6-5-7-13/h5-8H2,1-4H3,(H2,14,15,16,17).